The molecule has 0 amide bonds. The molecule has 224 valence electrons. The molecule has 2 rings (SSSR count). The zero-order valence-corrected chi connectivity index (χ0v) is 32.8. The Bertz CT molecular complexity index is 943. The molecule has 0 fully saturated rings. The first kappa shape index (κ1) is 50.5. The molecule has 7 heteroatoms. The molecule has 0 aliphatic carbocycles. The van der Waals surface area contributed by atoms with E-state index in [1.54, 1.807) is 0 Å². The summed E-state index contributed by atoms with van der Waals surface area (Å²) in [5.41, 5.74) is 0. The molecule has 0 radical (unpaired) electrons. The van der Waals surface area contributed by atoms with Gasteiger partial charge in [0.1, 0.15) is 0 Å². The van der Waals surface area contributed by atoms with E-state index in [1.807, 2.05) is 12.2 Å². The molecule has 0 atom stereocenters. The smallest absolute Gasteiger partial charge is 1.00 e. The number of hydrogen-bond acceptors (Lipinski definition) is 1. The van der Waals surface area contributed by atoms with E-state index in [1.165, 1.54) is 23.6 Å². The topological polar surface area (TPSA) is 9.23 Å². The Morgan fingerprint density at radius 1 is 0.659 bits per heavy atom. The van der Waals surface area contributed by atoms with Crippen molar-refractivity contribution in [2.75, 3.05) is 6.61 Å². The molecule has 41 heavy (non-hydrogen) atoms. The molecule has 0 aromatic heterocycles. The summed E-state index contributed by atoms with van der Waals surface area (Å²) in [4.78, 5) is 0. The van der Waals surface area contributed by atoms with Crippen molar-refractivity contribution in [3.8, 4) is 0 Å². The third-order valence-electron chi connectivity index (χ3n) is 5.80. The SMILES string of the molecule is C.C.C=CC[Si](CC=C)(CC=C)c1ccc(I)cc1.C=CC[Si](CC=C)(OCC)c1ccc(I)cc1.C=C[CH2-].[Br-].[Mg+2]. The second-order valence-corrected chi connectivity index (χ2v) is 19.0. The van der Waals surface area contributed by atoms with Gasteiger partial charge in [0.05, 0.1) is 8.07 Å². The minimum atomic E-state index is -1.93. The summed E-state index contributed by atoms with van der Waals surface area (Å²) >= 11 is 4.67. The Labute approximate surface area is 310 Å². The van der Waals surface area contributed by atoms with Crippen molar-refractivity contribution in [3.05, 3.63) is 139 Å². The van der Waals surface area contributed by atoms with E-state index < -0.39 is 16.4 Å². The zero-order valence-electron chi connectivity index (χ0n) is 23.5. The van der Waals surface area contributed by atoms with Gasteiger partial charge < -0.3 is 21.4 Å². The van der Waals surface area contributed by atoms with Crippen LogP contribution in [0.15, 0.2) is 124 Å². The van der Waals surface area contributed by atoms with Gasteiger partial charge in [-0.3, -0.25) is 0 Å². The molecule has 2 aromatic rings. The molecule has 0 bridgehead atoms. The van der Waals surface area contributed by atoms with Crippen LogP contribution in [-0.4, -0.2) is 46.1 Å². The van der Waals surface area contributed by atoms with Crippen LogP contribution in [0, 0.1) is 14.1 Å². The second-order valence-electron chi connectivity index (χ2n) is 8.47. The van der Waals surface area contributed by atoms with Crippen LogP contribution in [0.25, 0.3) is 0 Å². The predicted octanol–water partition coefficient (Wildman–Crippen LogP) is 7.26. The number of halogens is 3. The van der Waals surface area contributed by atoms with E-state index in [2.05, 4.69) is 165 Å². The molecule has 0 heterocycles. The van der Waals surface area contributed by atoms with Gasteiger partial charge in [0.25, 0.3) is 0 Å². The van der Waals surface area contributed by atoms with E-state index in [0.29, 0.717) is 0 Å². The van der Waals surface area contributed by atoms with Crippen molar-refractivity contribution < 1.29 is 21.4 Å². The van der Waals surface area contributed by atoms with Crippen molar-refractivity contribution in [1.29, 1.82) is 0 Å². The maximum Gasteiger partial charge on any atom is 2.00 e. The molecule has 0 spiro atoms. The van der Waals surface area contributed by atoms with Gasteiger partial charge in [-0.15, -0.1) is 32.9 Å². The van der Waals surface area contributed by atoms with Crippen molar-refractivity contribution in [3.63, 3.8) is 0 Å². The Morgan fingerprint density at radius 3 is 1.22 bits per heavy atom. The monoisotopic (exact) mass is 888 g/mol. The van der Waals surface area contributed by atoms with Gasteiger partial charge in [-0.1, -0.05) is 74.7 Å². The Balaban J connectivity index is -0.000000176. The number of benzene rings is 2. The number of allylic oxidation sites excluding steroid dienone is 6. The largest absolute Gasteiger partial charge is 2.00 e. The average Bonchev–Trinajstić information content (AvgIpc) is 2.86. The van der Waals surface area contributed by atoms with Crippen molar-refractivity contribution in [2.45, 2.75) is 52.0 Å². The standard InChI is InChI=1S/C15H19ISi.C14H19IOSi.C3H5.2CH4.BrH.Mg/c1-4-11-17(12-5-2,13-6-3)15-9-7-14(16)8-10-15;1-4-11-17(12-5-2,16-6-3)14-9-7-13(15)8-10-14;1-3-2;;;;/h4-10H,1-3,11-13H2;4-5,7-10H,1-2,6,11-12H2,3H3;3H,1-2H2;2*1H4;1H;/q;;-1;;;;+2/p-1. The maximum absolute atomic E-state index is 6.13. The van der Waals surface area contributed by atoms with Gasteiger partial charge in [-0.25, -0.2) is 19.6 Å². The molecule has 1 nitrogen and oxygen atoms in total. The number of hydrogen-bond donors (Lipinski definition) is 0. The van der Waals surface area contributed by atoms with Crippen LogP contribution in [-0.2, 0) is 4.43 Å². The fourth-order valence-electron chi connectivity index (χ4n) is 4.25. The Hall–Kier alpha value is -0.150. The molecule has 2 aromatic carbocycles. The van der Waals surface area contributed by atoms with E-state index in [0.717, 1.165) is 36.8 Å². The third-order valence-corrected chi connectivity index (χ3v) is 16.1. The molecule has 0 N–H and O–H groups in total. The summed E-state index contributed by atoms with van der Waals surface area (Å²) < 4.78 is 8.67. The summed E-state index contributed by atoms with van der Waals surface area (Å²) in [5, 5.41) is 2.82. The Morgan fingerprint density at radius 2 is 0.951 bits per heavy atom. The van der Waals surface area contributed by atoms with Crippen LogP contribution in [0.2, 0.25) is 30.2 Å². The first-order chi connectivity index (χ1) is 17.8. The average molecular weight is 890 g/mol. The van der Waals surface area contributed by atoms with Crippen LogP contribution in [0.5, 0.6) is 0 Å². The third kappa shape index (κ3) is 18.3. The fourth-order valence-corrected chi connectivity index (χ4v) is 12.0. The van der Waals surface area contributed by atoms with Gasteiger partial charge in [0.15, 0.2) is 0 Å². The fraction of sp³-hybridized carbons (Fsp3) is 0.265. The van der Waals surface area contributed by atoms with E-state index in [-0.39, 0.29) is 54.9 Å². The van der Waals surface area contributed by atoms with Gasteiger partial charge in [0.2, 0.25) is 8.32 Å². The van der Waals surface area contributed by atoms with Crippen molar-refractivity contribution in [2.24, 2.45) is 0 Å². The first-order valence-electron chi connectivity index (χ1n) is 12.4. The molecule has 0 unspecified atom stereocenters. The van der Waals surface area contributed by atoms with Gasteiger partial charge in [0, 0.05) is 13.7 Å². The summed E-state index contributed by atoms with van der Waals surface area (Å²) in [6.45, 7) is 28.8. The number of rotatable bonds is 14. The van der Waals surface area contributed by atoms with Crippen LogP contribution in [0.3, 0.4) is 0 Å². The van der Waals surface area contributed by atoms with Crippen LogP contribution < -0.4 is 27.4 Å². The van der Waals surface area contributed by atoms with Gasteiger partial charge in [-0.05, 0) is 112 Å². The minimum Gasteiger partial charge on any atom is -1.00 e. The zero-order chi connectivity index (χ0) is 28.2. The van der Waals surface area contributed by atoms with Crippen LogP contribution in [0.1, 0.15) is 21.8 Å². The van der Waals surface area contributed by atoms with E-state index >= 15 is 0 Å². The molecular formula is C34H51BrI2MgOSi2. The van der Waals surface area contributed by atoms with Crippen LogP contribution in [0.4, 0.5) is 0 Å². The quantitative estimate of drug-likeness (QED) is 0.0842. The maximum atomic E-state index is 6.13. The van der Waals surface area contributed by atoms with E-state index in [4.69, 9.17) is 4.43 Å². The molecular weight excluding hydrogens is 839 g/mol. The summed E-state index contributed by atoms with van der Waals surface area (Å²) in [5.74, 6) is 0. The van der Waals surface area contributed by atoms with E-state index in [9.17, 15) is 0 Å². The summed E-state index contributed by atoms with van der Waals surface area (Å²) in [6.07, 6.45) is 11.6. The first-order valence-corrected chi connectivity index (χ1v) is 19.5. The Kier molecular flexibility index (Phi) is 36.8. The van der Waals surface area contributed by atoms with Crippen molar-refractivity contribution >= 4 is 95.0 Å². The molecule has 0 aliphatic heterocycles. The molecule has 0 saturated heterocycles. The summed E-state index contributed by atoms with van der Waals surface area (Å²) in [6, 6.07) is 22.7. The van der Waals surface area contributed by atoms with Gasteiger partial charge in [-0.2, -0.15) is 0 Å². The molecule has 0 aliphatic rings. The second kappa shape index (κ2) is 29.9. The summed E-state index contributed by atoms with van der Waals surface area (Å²) in [7, 11) is -3.49. The predicted molar refractivity (Wildman–Crippen MR) is 211 cm³/mol. The van der Waals surface area contributed by atoms with Gasteiger partial charge >= 0.3 is 23.1 Å². The minimum absolute atomic E-state index is 0. The molecule has 0 saturated carbocycles. The van der Waals surface area contributed by atoms with Crippen LogP contribution >= 0.6 is 45.2 Å². The van der Waals surface area contributed by atoms with Crippen molar-refractivity contribution in [1.82, 2.24) is 0 Å². The normalized spacial score (nSPS) is 9.44.